The summed E-state index contributed by atoms with van der Waals surface area (Å²) in [5, 5.41) is 1.33. The molecular formula is C18H23Cl2N. The van der Waals surface area contributed by atoms with Crippen LogP contribution in [0.3, 0.4) is 0 Å². The van der Waals surface area contributed by atoms with Gasteiger partial charge in [-0.15, -0.1) is 0 Å². The lowest BCUT2D eigenvalue weighted by molar-refractivity contribution is 0.308. The number of likely N-dealkylation sites (N-methyl/N-ethyl adjacent to an activating group) is 1. The monoisotopic (exact) mass is 323 g/mol. The SMILES string of the molecule is CN1CCC2=C(CCCC2CCc2ccc(Cl)c(Cl)c2)C1. The first-order valence-electron chi connectivity index (χ1n) is 7.97. The lowest BCUT2D eigenvalue weighted by Crippen LogP contribution is -2.31. The van der Waals surface area contributed by atoms with E-state index in [1.807, 2.05) is 12.1 Å². The molecular weight excluding hydrogens is 301 g/mol. The van der Waals surface area contributed by atoms with Gasteiger partial charge in [0, 0.05) is 13.1 Å². The van der Waals surface area contributed by atoms with E-state index in [2.05, 4.69) is 18.0 Å². The molecule has 1 atom stereocenters. The van der Waals surface area contributed by atoms with Crippen molar-refractivity contribution < 1.29 is 0 Å². The van der Waals surface area contributed by atoms with Gasteiger partial charge in [-0.3, -0.25) is 0 Å². The van der Waals surface area contributed by atoms with Gasteiger partial charge in [-0.2, -0.15) is 0 Å². The fraction of sp³-hybridized carbons (Fsp3) is 0.556. The first-order chi connectivity index (χ1) is 10.1. The second-order valence-corrected chi connectivity index (χ2v) is 7.31. The van der Waals surface area contributed by atoms with Crippen LogP contribution >= 0.6 is 23.2 Å². The second-order valence-electron chi connectivity index (χ2n) is 6.49. The van der Waals surface area contributed by atoms with Gasteiger partial charge in [-0.1, -0.05) is 40.4 Å². The van der Waals surface area contributed by atoms with Crippen LogP contribution in [0, 0.1) is 5.92 Å². The van der Waals surface area contributed by atoms with Gasteiger partial charge in [-0.25, -0.2) is 0 Å². The largest absolute Gasteiger partial charge is 0.302 e. The van der Waals surface area contributed by atoms with E-state index in [0.29, 0.717) is 10.0 Å². The van der Waals surface area contributed by atoms with Crippen LogP contribution in [-0.2, 0) is 6.42 Å². The molecule has 0 saturated heterocycles. The van der Waals surface area contributed by atoms with Gasteiger partial charge in [0.15, 0.2) is 0 Å². The van der Waals surface area contributed by atoms with Crippen molar-refractivity contribution in [3.05, 3.63) is 45.0 Å². The number of nitrogens with zero attached hydrogens (tertiary/aromatic N) is 1. The molecule has 1 aliphatic carbocycles. The molecule has 0 spiro atoms. The molecule has 0 radical (unpaired) electrons. The summed E-state index contributed by atoms with van der Waals surface area (Å²) in [4.78, 5) is 2.46. The van der Waals surface area contributed by atoms with Gasteiger partial charge in [0.2, 0.25) is 0 Å². The van der Waals surface area contributed by atoms with Gasteiger partial charge >= 0.3 is 0 Å². The quantitative estimate of drug-likeness (QED) is 0.677. The Bertz CT molecular complexity index is 550. The molecule has 0 aromatic heterocycles. The van der Waals surface area contributed by atoms with Crippen molar-refractivity contribution in [1.82, 2.24) is 4.90 Å². The second kappa shape index (κ2) is 6.73. The van der Waals surface area contributed by atoms with Crippen molar-refractivity contribution in [2.24, 2.45) is 5.92 Å². The van der Waals surface area contributed by atoms with E-state index in [1.165, 1.54) is 50.8 Å². The zero-order valence-corrected chi connectivity index (χ0v) is 14.2. The fourth-order valence-corrected chi connectivity index (χ4v) is 4.14. The van der Waals surface area contributed by atoms with Crippen LogP contribution < -0.4 is 0 Å². The summed E-state index contributed by atoms with van der Waals surface area (Å²) in [7, 11) is 2.24. The van der Waals surface area contributed by atoms with Gasteiger partial charge < -0.3 is 4.90 Å². The highest BCUT2D eigenvalue weighted by Gasteiger charge is 2.26. The van der Waals surface area contributed by atoms with E-state index in [1.54, 1.807) is 11.1 Å². The summed E-state index contributed by atoms with van der Waals surface area (Å²) in [5.41, 5.74) is 4.82. The van der Waals surface area contributed by atoms with E-state index in [0.717, 1.165) is 12.3 Å². The topological polar surface area (TPSA) is 3.24 Å². The normalized spacial score (nSPS) is 23.3. The van der Waals surface area contributed by atoms with Gasteiger partial charge in [0.25, 0.3) is 0 Å². The Hall–Kier alpha value is -0.500. The van der Waals surface area contributed by atoms with E-state index < -0.39 is 0 Å². The third kappa shape index (κ3) is 3.64. The first kappa shape index (κ1) is 15.4. The molecule has 1 aliphatic heterocycles. The standard InChI is InChI=1S/C18H23Cl2N/c1-21-10-9-16-14(3-2-4-15(16)12-21)7-5-13-6-8-17(19)18(20)11-13/h6,8,11,14H,2-5,7,9-10,12H2,1H3. The Kier molecular flexibility index (Phi) is 4.93. The minimum atomic E-state index is 0.651. The lowest BCUT2D eigenvalue weighted by Gasteiger charge is -2.36. The van der Waals surface area contributed by atoms with Crippen LogP contribution in [-0.4, -0.2) is 25.0 Å². The molecule has 1 aromatic rings. The highest BCUT2D eigenvalue weighted by atomic mass is 35.5. The molecule has 0 saturated carbocycles. The number of hydrogen-bond donors (Lipinski definition) is 0. The van der Waals surface area contributed by atoms with Crippen LogP contribution in [0.2, 0.25) is 10.0 Å². The lowest BCUT2D eigenvalue weighted by atomic mass is 9.77. The molecule has 3 rings (SSSR count). The predicted octanol–water partition coefficient (Wildman–Crippen LogP) is 5.36. The van der Waals surface area contributed by atoms with Crippen molar-refractivity contribution in [2.75, 3.05) is 20.1 Å². The average Bonchev–Trinajstić information content (AvgIpc) is 2.48. The molecule has 1 nitrogen and oxygen atoms in total. The summed E-state index contributed by atoms with van der Waals surface area (Å²) < 4.78 is 0. The molecule has 114 valence electrons. The van der Waals surface area contributed by atoms with E-state index in [-0.39, 0.29) is 0 Å². The Balaban J connectivity index is 1.67. The minimum Gasteiger partial charge on any atom is -0.302 e. The molecule has 1 aromatic carbocycles. The third-order valence-electron chi connectivity index (χ3n) is 4.97. The van der Waals surface area contributed by atoms with Crippen LogP contribution in [0.5, 0.6) is 0 Å². The first-order valence-corrected chi connectivity index (χ1v) is 8.72. The van der Waals surface area contributed by atoms with E-state index >= 15 is 0 Å². The van der Waals surface area contributed by atoms with Crippen molar-refractivity contribution in [3.63, 3.8) is 0 Å². The fourth-order valence-electron chi connectivity index (χ4n) is 3.82. The highest BCUT2D eigenvalue weighted by Crippen LogP contribution is 2.37. The maximum absolute atomic E-state index is 6.12. The Morgan fingerprint density at radius 2 is 2.05 bits per heavy atom. The minimum absolute atomic E-state index is 0.651. The molecule has 1 heterocycles. The highest BCUT2D eigenvalue weighted by molar-refractivity contribution is 6.42. The number of aryl methyl sites for hydroxylation is 1. The third-order valence-corrected chi connectivity index (χ3v) is 5.71. The zero-order valence-electron chi connectivity index (χ0n) is 12.7. The summed E-state index contributed by atoms with van der Waals surface area (Å²) in [6.45, 7) is 2.42. The van der Waals surface area contributed by atoms with Gasteiger partial charge in [-0.05, 0) is 69.2 Å². The van der Waals surface area contributed by atoms with Crippen molar-refractivity contribution >= 4 is 23.2 Å². The number of benzene rings is 1. The molecule has 0 bridgehead atoms. The molecule has 0 amide bonds. The van der Waals surface area contributed by atoms with Crippen LogP contribution in [0.25, 0.3) is 0 Å². The Labute approximate surface area is 137 Å². The Morgan fingerprint density at radius 1 is 1.19 bits per heavy atom. The average molecular weight is 324 g/mol. The molecule has 1 unspecified atom stereocenters. The zero-order chi connectivity index (χ0) is 14.8. The molecule has 0 N–H and O–H groups in total. The van der Waals surface area contributed by atoms with Crippen molar-refractivity contribution in [2.45, 2.75) is 38.5 Å². The number of rotatable bonds is 3. The van der Waals surface area contributed by atoms with Crippen molar-refractivity contribution in [3.8, 4) is 0 Å². The molecule has 2 aliphatic rings. The van der Waals surface area contributed by atoms with Crippen LogP contribution in [0.1, 0.15) is 37.7 Å². The predicted molar refractivity (Wildman–Crippen MR) is 91.3 cm³/mol. The smallest absolute Gasteiger partial charge is 0.0595 e. The summed E-state index contributed by atoms with van der Waals surface area (Å²) in [6.07, 6.45) is 7.68. The Morgan fingerprint density at radius 3 is 2.86 bits per heavy atom. The molecule has 21 heavy (non-hydrogen) atoms. The van der Waals surface area contributed by atoms with Gasteiger partial charge in [0.1, 0.15) is 0 Å². The van der Waals surface area contributed by atoms with Crippen molar-refractivity contribution in [1.29, 1.82) is 0 Å². The summed E-state index contributed by atoms with van der Waals surface area (Å²) in [5.74, 6) is 0.789. The molecule has 0 fully saturated rings. The number of halogens is 2. The van der Waals surface area contributed by atoms with Crippen LogP contribution in [0.15, 0.2) is 29.3 Å². The maximum atomic E-state index is 6.12. The molecule has 3 heteroatoms. The van der Waals surface area contributed by atoms with E-state index in [4.69, 9.17) is 23.2 Å². The van der Waals surface area contributed by atoms with Gasteiger partial charge in [0.05, 0.1) is 10.0 Å². The van der Waals surface area contributed by atoms with E-state index in [9.17, 15) is 0 Å². The maximum Gasteiger partial charge on any atom is 0.0595 e. The van der Waals surface area contributed by atoms with Crippen LogP contribution in [0.4, 0.5) is 0 Å². The summed E-state index contributed by atoms with van der Waals surface area (Å²) in [6, 6.07) is 6.05. The number of hydrogen-bond acceptors (Lipinski definition) is 1. The summed E-state index contributed by atoms with van der Waals surface area (Å²) >= 11 is 12.1.